The zero-order chi connectivity index (χ0) is 25.4. The van der Waals surface area contributed by atoms with Gasteiger partial charge in [0.05, 0.1) is 35.1 Å². The van der Waals surface area contributed by atoms with Crippen molar-refractivity contribution in [2.75, 3.05) is 19.3 Å². The number of nitrogens with one attached hydrogen (secondary N) is 1. The molecule has 0 unspecified atom stereocenters. The van der Waals surface area contributed by atoms with Gasteiger partial charge in [0, 0.05) is 24.3 Å². The van der Waals surface area contributed by atoms with Crippen LogP contribution < -0.4 is 5.32 Å². The highest BCUT2D eigenvalue weighted by Gasteiger charge is 2.47. The number of amides is 2. The monoisotopic (exact) mass is 498 g/mol. The van der Waals surface area contributed by atoms with E-state index in [0.29, 0.717) is 22.0 Å². The zero-order valence-corrected chi connectivity index (χ0v) is 19.4. The van der Waals surface area contributed by atoms with Gasteiger partial charge >= 0.3 is 0 Å². The van der Waals surface area contributed by atoms with Crippen molar-refractivity contribution in [2.45, 2.75) is 23.3 Å². The van der Waals surface area contributed by atoms with E-state index in [1.807, 2.05) is 0 Å². The SMILES string of the molecule is CS(=O)(=O)c1cccc(-c2ccc3nccc(C(=O)NCC(=O)N4CC(F)(F)C[C@H]4C#N)c3c2)c1. The maximum atomic E-state index is 13.6. The minimum absolute atomic E-state index is 0.154. The van der Waals surface area contributed by atoms with Gasteiger partial charge in [-0.05, 0) is 41.5 Å². The summed E-state index contributed by atoms with van der Waals surface area (Å²) in [7, 11) is -3.41. The molecule has 1 aromatic heterocycles. The number of fused-ring (bicyclic) bond motifs is 1. The molecule has 1 aliphatic rings. The van der Waals surface area contributed by atoms with Crippen LogP contribution in [0.25, 0.3) is 22.0 Å². The fourth-order valence-corrected chi connectivity index (χ4v) is 4.64. The largest absolute Gasteiger partial charge is 0.343 e. The van der Waals surface area contributed by atoms with Crippen molar-refractivity contribution in [3.8, 4) is 17.2 Å². The van der Waals surface area contributed by atoms with Crippen molar-refractivity contribution in [3.05, 3.63) is 60.3 Å². The van der Waals surface area contributed by atoms with E-state index in [2.05, 4.69) is 10.3 Å². The van der Waals surface area contributed by atoms with Gasteiger partial charge < -0.3 is 10.2 Å². The summed E-state index contributed by atoms with van der Waals surface area (Å²) in [6.07, 6.45) is 1.81. The Morgan fingerprint density at radius 3 is 2.66 bits per heavy atom. The van der Waals surface area contributed by atoms with Crippen LogP contribution in [-0.4, -0.2) is 61.4 Å². The number of sulfone groups is 1. The number of hydrogen-bond donors (Lipinski definition) is 1. The third-order valence-electron chi connectivity index (χ3n) is 5.72. The lowest BCUT2D eigenvalue weighted by Crippen LogP contribution is -2.43. The Hall–Kier alpha value is -3.91. The predicted molar refractivity (Wildman–Crippen MR) is 123 cm³/mol. The Balaban J connectivity index is 1.59. The first-order chi connectivity index (χ1) is 16.5. The molecule has 180 valence electrons. The number of alkyl halides is 2. The summed E-state index contributed by atoms with van der Waals surface area (Å²) in [5.74, 6) is -4.54. The molecule has 0 spiro atoms. The van der Waals surface area contributed by atoms with Crippen LogP contribution in [0.15, 0.2) is 59.6 Å². The molecule has 8 nitrogen and oxygen atoms in total. The van der Waals surface area contributed by atoms with E-state index in [1.165, 1.54) is 24.4 Å². The maximum absolute atomic E-state index is 13.6. The number of hydrogen-bond acceptors (Lipinski definition) is 6. The molecule has 0 radical (unpaired) electrons. The molecule has 11 heteroatoms. The number of carbonyl (C=O) groups excluding carboxylic acids is 2. The van der Waals surface area contributed by atoms with E-state index in [0.717, 1.165) is 11.2 Å². The van der Waals surface area contributed by atoms with Crippen LogP contribution in [-0.2, 0) is 14.6 Å². The number of carbonyl (C=O) groups is 2. The van der Waals surface area contributed by atoms with Crippen LogP contribution >= 0.6 is 0 Å². The second-order valence-corrected chi connectivity index (χ2v) is 10.3. The molecule has 3 aromatic rings. The van der Waals surface area contributed by atoms with E-state index < -0.39 is 53.1 Å². The van der Waals surface area contributed by atoms with Gasteiger partial charge in [0.1, 0.15) is 6.04 Å². The molecule has 1 atom stereocenters. The zero-order valence-electron chi connectivity index (χ0n) is 18.5. The fraction of sp³-hybridized carbons (Fsp3) is 0.250. The van der Waals surface area contributed by atoms with Gasteiger partial charge in [-0.2, -0.15) is 5.26 Å². The quantitative estimate of drug-likeness (QED) is 0.578. The van der Waals surface area contributed by atoms with Crippen molar-refractivity contribution in [3.63, 3.8) is 0 Å². The van der Waals surface area contributed by atoms with Crippen LogP contribution in [0.5, 0.6) is 0 Å². The number of likely N-dealkylation sites (tertiary alicyclic amines) is 1. The Morgan fingerprint density at radius 2 is 1.94 bits per heavy atom. The third kappa shape index (κ3) is 5.12. The average molecular weight is 499 g/mol. The normalized spacial score (nSPS) is 17.2. The molecule has 35 heavy (non-hydrogen) atoms. The smallest absolute Gasteiger partial charge is 0.268 e. The first-order valence-electron chi connectivity index (χ1n) is 10.5. The summed E-state index contributed by atoms with van der Waals surface area (Å²) in [4.78, 5) is 30.5. The highest BCUT2D eigenvalue weighted by molar-refractivity contribution is 7.90. The summed E-state index contributed by atoms with van der Waals surface area (Å²) in [6.45, 7) is -1.42. The molecule has 2 aromatic carbocycles. The average Bonchev–Trinajstić information content (AvgIpc) is 3.15. The molecule has 4 rings (SSSR count). The Kier molecular flexibility index (Phi) is 6.25. The third-order valence-corrected chi connectivity index (χ3v) is 6.83. The van der Waals surface area contributed by atoms with Gasteiger partial charge in [0.2, 0.25) is 5.91 Å². The summed E-state index contributed by atoms with van der Waals surface area (Å²) in [5.41, 5.74) is 1.97. The topological polar surface area (TPSA) is 120 Å². The van der Waals surface area contributed by atoms with Crippen LogP contribution in [0.4, 0.5) is 8.78 Å². The number of pyridine rings is 1. The van der Waals surface area contributed by atoms with Crippen molar-refractivity contribution in [1.82, 2.24) is 15.2 Å². The van der Waals surface area contributed by atoms with Gasteiger partial charge in [-0.1, -0.05) is 18.2 Å². The van der Waals surface area contributed by atoms with Crippen molar-refractivity contribution >= 4 is 32.6 Å². The first kappa shape index (κ1) is 24.2. The molecule has 1 saturated heterocycles. The predicted octanol–water partition coefficient (Wildman–Crippen LogP) is 2.79. The van der Waals surface area contributed by atoms with Crippen molar-refractivity contribution in [2.24, 2.45) is 0 Å². The summed E-state index contributed by atoms with van der Waals surface area (Å²) >= 11 is 0. The van der Waals surface area contributed by atoms with Gasteiger partial charge in [0.15, 0.2) is 9.84 Å². The number of rotatable bonds is 5. The molecular weight excluding hydrogens is 478 g/mol. The highest BCUT2D eigenvalue weighted by Crippen LogP contribution is 2.32. The van der Waals surface area contributed by atoms with Gasteiger partial charge in [-0.3, -0.25) is 14.6 Å². The molecule has 0 aliphatic carbocycles. The van der Waals surface area contributed by atoms with E-state index in [1.54, 1.807) is 36.4 Å². The van der Waals surface area contributed by atoms with E-state index in [4.69, 9.17) is 5.26 Å². The van der Waals surface area contributed by atoms with E-state index in [-0.39, 0.29) is 10.5 Å². The van der Waals surface area contributed by atoms with E-state index >= 15 is 0 Å². The molecular formula is C24H20F2N4O4S. The van der Waals surface area contributed by atoms with Gasteiger partial charge in [-0.25, -0.2) is 17.2 Å². The van der Waals surface area contributed by atoms with Crippen LogP contribution in [0.3, 0.4) is 0 Å². The minimum Gasteiger partial charge on any atom is -0.343 e. The van der Waals surface area contributed by atoms with Crippen LogP contribution in [0, 0.1) is 11.3 Å². The number of nitriles is 1. The van der Waals surface area contributed by atoms with Crippen molar-refractivity contribution in [1.29, 1.82) is 5.26 Å². The Bertz CT molecular complexity index is 1480. The number of nitrogens with zero attached hydrogens (tertiary/aromatic N) is 3. The Morgan fingerprint density at radius 1 is 1.20 bits per heavy atom. The molecule has 1 fully saturated rings. The number of aromatic nitrogens is 1. The lowest BCUT2D eigenvalue weighted by molar-refractivity contribution is -0.131. The highest BCUT2D eigenvalue weighted by atomic mass is 32.2. The molecule has 0 saturated carbocycles. The summed E-state index contributed by atoms with van der Waals surface area (Å²) < 4.78 is 51.1. The molecule has 1 N–H and O–H groups in total. The lowest BCUT2D eigenvalue weighted by atomic mass is 10.0. The van der Waals surface area contributed by atoms with Gasteiger partial charge in [0.25, 0.3) is 11.8 Å². The standard InChI is InChI=1S/C24H20F2N4O4S/c1-35(33,34)18-4-2-3-15(9-18)16-5-6-21-20(10-16)19(7-8-28-21)23(32)29-13-22(31)30-14-24(25,26)11-17(30)12-27/h2-10,17H,11,13-14H2,1H3,(H,29,32)/t17-/m0/s1. The second-order valence-electron chi connectivity index (χ2n) is 8.30. The van der Waals surface area contributed by atoms with Gasteiger partial charge in [-0.15, -0.1) is 0 Å². The first-order valence-corrected chi connectivity index (χ1v) is 12.4. The van der Waals surface area contributed by atoms with E-state index in [9.17, 15) is 26.8 Å². The fourth-order valence-electron chi connectivity index (χ4n) is 3.98. The van der Waals surface area contributed by atoms with Crippen LogP contribution in [0.2, 0.25) is 0 Å². The second kappa shape index (κ2) is 9.03. The molecule has 1 aliphatic heterocycles. The van der Waals surface area contributed by atoms with Crippen molar-refractivity contribution < 1.29 is 26.8 Å². The summed E-state index contributed by atoms with van der Waals surface area (Å²) in [6, 6.07) is 13.4. The summed E-state index contributed by atoms with van der Waals surface area (Å²) in [5, 5.41) is 12.0. The molecule has 0 bridgehead atoms. The molecule has 2 heterocycles. The lowest BCUT2D eigenvalue weighted by Gasteiger charge is -2.19. The Labute approximate surface area is 200 Å². The minimum atomic E-state index is -3.41. The molecule has 2 amide bonds. The van der Waals surface area contributed by atoms with Crippen LogP contribution in [0.1, 0.15) is 16.8 Å². The number of benzene rings is 2. The maximum Gasteiger partial charge on any atom is 0.268 e. The number of halogens is 2.